The van der Waals surface area contributed by atoms with E-state index in [-0.39, 0.29) is 24.2 Å². The van der Waals surface area contributed by atoms with Crippen LogP contribution >= 0.6 is 11.8 Å². The third kappa shape index (κ3) is 4.33. The van der Waals surface area contributed by atoms with Gasteiger partial charge in [0.15, 0.2) is 22.5 Å². The summed E-state index contributed by atoms with van der Waals surface area (Å²) >= 11 is 1.65. The van der Waals surface area contributed by atoms with Crippen LogP contribution in [0.1, 0.15) is 50.2 Å². The van der Waals surface area contributed by atoms with Crippen molar-refractivity contribution in [2.75, 3.05) is 0 Å². The molecule has 2 saturated carbocycles. The average Bonchev–Trinajstić information content (AvgIpc) is 3.53. The normalized spacial score (nSPS) is 23.2. The van der Waals surface area contributed by atoms with Crippen molar-refractivity contribution in [2.24, 2.45) is 17.8 Å². The molecule has 0 amide bonds. The second-order valence-electron chi connectivity index (χ2n) is 8.68. The number of halogens is 1. The molecule has 5 rings (SSSR count). The Morgan fingerprint density at radius 3 is 2.74 bits per heavy atom. The maximum Gasteiger partial charge on any atom is 0.191 e. The third-order valence-electron chi connectivity index (χ3n) is 6.82. The number of fused-ring (bicyclic) bond motifs is 2. The lowest BCUT2D eigenvalue weighted by Gasteiger charge is -2.30. The van der Waals surface area contributed by atoms with Crippen molar-refractivity contribution in [2.45, 2.75) is 56.2 Å². The van der Waals surface area contributed by atoms with Crippen LogP contribution in [-0.2, 0) is 12.4 Å². The van der Waals surface area contributed by atoms with E-state index >= 15 is 0 Å². The summed E-state index contributed by atoms with van der Waals surface area (Å²) in [6.07, 6.45) is 7.16. The highest BCUT2D eigenvalue weighted by Crippen LogP contribution is 2.52. The minimum absolute atomic E-state index is 0.198. The van der Waals surface area contributed by atoms with Crippen LogP contribution in [0.2, 0.25) is 0 Å². The molecule has 2 aromatic heterocycles. The van der Waals surface area contributed by atoms with Crippen molar-refractivity contribution in [3.63, 3.8) is 0 Å². The van der Waals surface area contributed by atoms with E-state index in [1.54, 1.807) is 30.0 Å². The summed E-state index contributed by atoms with van der Waals surface area (Å²) in [5.74, 6) is 3.66. The molecule has 3 aromatic rings. The highest BCUT2D eigenvalue weighted by atomic mass is 32.2. The Morgan fingerprint density at radius 2 is 2.00 bits per heavy atom. The van der Waals surface area contributed by atoms with E-state index in [9.17, 15) is 4.39 Å². The van der Waals surface area contributed by atoms with Crippen molar-refractivity contribution in [1.29, 1.82) is 0 Å². The standard InChI is InChI=1S/C24H27FN4OS/c1-16(20-13-17-9-10-18(20)12-17)29-23(14-30-22-8-3-2-7-21(22)25)27-28-24(29)31-15-19-6-4-5-11-26-19/h2-8,11,16-18,20H,9-10,12-15H2,1H3. The van der Waals surface area contributed by atoms with Crippen LogP contribution < -0.4 is 4.74 Å². The molecular weight excluding hydrogens is 411 g/mol. The molecule has 2 aliphatic rings. The van der Waals surface area contributed by atoms with Crippen LogP contribution in [0.5, 0.6) is 5.75 Å². The summed E-state index contributed by atoms with van der Waals surface area (Å²) < 4.78 is 22.1. The van der Waals surface area contributed by atoms with E-state index in [1.807, 2.05) is 24.4 Å². The Kier molecular flexibility index (Phi) is 5.94. The van der Waals surface area contributed by atoms with Crippen molar-refractivity contribution >= 4 is 11.8 Å². The van der Waals surface area contributed by atoms with E-state index in [0.717, 1.165) is 34.3 Å². The van der Waals surface area contributed by atoms with Crippen LogP contribution in [0.3, 0.4) is 0 Å². The van der Waals surface area contributed by atoms with Crippen molar-refractivity contribution in [1.82, 2.24) is 19.7 Å². The zero-order valence-electron chi connectivity index (χ0n) is 17.7. The first-order chi connectivity index (χ1) is 15.2. The fraction of sp³-hybridized carbons (Fsp3) is 0.458. The van der Waals surface area contributed by atoms with Gasteiger partial charge < -0.3 is 4.74 Å². The number of hydrogen-bond acceptors (Lipinski definition) is 5. The Labute approximate surface area is 186 Å². The van der Waals surface area contributed by atoms with E-state index in [2.05, 4.69) is 26.7 Å². The monoisotopic (exact) mass is 438 g/mol. The van der Waals surface area contributed by atoms with Gasteiger partial charge in [0.1, 0.15) is 6.61 Å². The molecule has 2 bridgehead atoms. The number of para-hydroxylation sites is 1. The quantitative estimate of drug-likeness (QED) is 0.424. The molecule has 2 heterocycles. The molecular formula is C24H27FN4OS. The van der Waals surface area contributed by atoms with Gasteiger partial charge in [0.2, 0.25) is 0 Å². The summed E-state index contributed by atoms with van der Waals surface area (Å²) in [7, 11) is 0. The number of hydrogen-bond donors (Lipinski definition) is 0. The van der Waals surface area contributed by atoms with Gasteiger partial charge in [0.05, 0.1) is 5.69 Å². The van der Waals surface area contributed by atoms with Gasteiger partial charge in [-0.15, -0.1) is 10.2 Å². The molecule has 2 fully saturated rings. The smallest absolute Gasteiger partial charge is 0.191 e. The highest BCUT2D eigenvalue weighted by molar-refractivity contribution is 7.98. The highest BCUT2D eigenvalue weighted by Gasteiger charge is 2.43. The van der Waals surface area contributed by atoms with Gasteiger partial charge in [0, 0.05) is 18.0 Å². The summed E-state index contributed by atoms with van der Waals surface area (Å²) in [5, 5.41) is 9.83. The fourth-order valence-corrected chi connectivity index (χ4v) is 6.27. The Hall–Kier alpha value is -2.41. The van der Waals surface area contributed by atoms with Gasteiger partial charge in [0.25, 0.3) is 0 Å². The number of thioether (sulfide) groups is 1. The van der Waals surface area contributed by atoms with E-state index in [1.165, 1.54) is 31.7 Å². The van der Waals surface area contributed by atoms with Crippen LogP contribution in [0.25, 0.3) is 0 Å². The number of aromatic nitrogens is 4. The number of benzene rings is 1. The van der Waals surface area contributed by atoms with Gasteiger partial charge in [-0.1, -0.05) is 36.4 Å². The van der Waals surface area contributed by atoms with Gasteiger partial charge in [-0.2, -0.15) is 0 Å². The van der Waals surface area contributed by atoms with Gasteiger partial charge in [-0.25, -0.2) is 4.39 Å². The maximum absolute atomic E-state index is 14.0. The molecule has 4 atom stereocenters. The molecule has 0 N–H and O–H groups in total. The number of rotatable bonds is 8. The lowest BCUT2D eigenvalue weighted by atomic mass is 9.84. The SMILES string of the molecule is CC(C1CC2CCC1C2)n1c(COc2ccccc2F)nnc1SCc1ccccn1. The summed E-state index contributed by atoms with van der Waals surface area (Å²) in [4.78, 5) is 4.42. The molecule has 0 saturated heterocycles. The van der Waals surface area contributed by atoms with Gasteiger partial charge in [-0.3, -0.25) is 9.55 Å². The first-order valence-electron chi connectivity index (χ1n) is 11.0. The Balaban J connectivity index is 1.38. The molecule has 0 aliphatic heterocycles. The fourth-order valence-electron chi connectivity index (χ4n) is 5.32. The van der Waals surface area contributed by atoms with Crippen LogP contribution in [0, 0.1) is 23.6 Å². The number of pyridine rings is 1. The zero-order chi connectivity index (χ0) is 21.2. The van der Waals surface area contributed by atoms with E-state index in [0.29, 0.717) is 5.92 Å². The predicted molar refractivity (Wildman–Crippen MR) is 118 cm³/mol. The maximum atomic E-state index is 14.0. The minimum atomic E-state index is -0.362. The summed E-state index contributed by atoms with van der Waals surface area (Å²) in [5.41, 5.74) is 1.01. The van der Waals surface area contributed by atoms with Crippen molar-refractivity contribution in [3.8, 4) is 5.75 Å². The average molecular weight is 439 g/mol. The number of ether oxygens (including phenoxy) is 1. The first-order valence-corrected chi connectivity index (χ1v) is 12.0. The largest absolute Gasteiger partial charge is 0.483 e. The second-order valence-corrected chi connectivity index (χ2v) is 9.62. The minimum Gasteiger partial charge on any atom is -0.483 e. The molecule has 5 nitrogen and oxygen atoms in total. The predicted octanol–water partition coefficient (Wildman–Crippen LogP) is 5.68. The lowest BCUT2D eigenvalue weighted by Crippen LogP contribution is -2.24. The second kappa shape index (κ2) is 8.99. The van der Waals surface area contributed by atoms with E-state index < -0.39 is 0 Å². The van der Waals surface area contributed by atoms with Crippen LogP contribution in [0.15, 0.2) is 53.8 Å². The molecule has 7 heteroatoms. The molecule has 0 spiro atoms. The van der Waals surface area contributed by atoms with Crippen molar-refractivity contribution < 1.29 is 9.13 Å². The Morgan fingerprint density at radius 1 is 1.13 bits per heavy atom. The summed E-state index contributed by atoms with van der Waals surface area (Å²) in [6.45, 7) is 2.48. The first kappa shape index (κ1) is 20.5. The van der Waals surface area contributed by atoms with Crippen LogP contribution in [0.4, 0.5) is 4.39 Å². The molecule has 162 valence electrons. The lowest BCUT2D eigenvalue weighted by molar-refractivity contribution is 0.215. The number of nitrogens with zero attached hydrogens (tertiary/aromatic N) is 4. The Bertz CT molecular complexity index is 1030. The summed E-state index contributed by atoms with van der Waals surface area (Å²) in [6, 6.07) is 12.7. The van der Waals surface area contributed by atoms with Gasteiger partial charge >= 0.3 is 0 Å². The van der Waals surface area contributed by atoms with E-state index in [4.69, 9.17) is 4.74 Å². The molecule has 1 aromatic carbocycles. The van der Waals surface area contributed by atoms with Gasteiger partial charge in [-0.05, 0) is 68.2 Å². The molecule has 2 aliphatic carbocycles. The van der Waals surface area contributed by atoms with Crippen LogP contribution in [-0.4, -0.2) is 19.7 Å². The molecule has 4 unspecified atom stereocenters. The topological polar surface area (TPSA) is 52.8 Å². The van der Waals surface area contributed by atoms with Crippen molar-refractivity contribution in [3.05, 3.63) is 66.0 Å². The molecule has 0 radical (unpaired) electrons. The molecule has 31 heavy (non-hydrogen) atoms. The zero-order valence-corrected chi connectivity index (χ0v) is 18.5. The third-order valence-corrected chi connectivity index (χ3v) is 7.80.